The molecule has 23 heavy (non-hydrogen) atoms. The third kappa shape index (κ3) is 6.33. The highest BCUT2D eigenvalue weighted by molar-refractivity contribution is 9.10. The van der Waals surface area contributed by atoms with Crippen LogP contribution in [-0.4, -0.2) is 10.5 Å². The molecule has 8 heteroatoms. The molecule has 0 unspecified atom stereocenters. The molecule has 0 bridgehead atoms. The Morgan fingerprint density at radius 1 is 0.913 bits per heavy atom. The SMILES string of the molecule is O=C(Cl)c1cccc(C(F)(F)F)c1.O=C(Cl)c1ccccc1Br. The van der Waals surface area contributed by atoms with Crippen LogP contribution in [0.2, 0.25) is 0 Å². The Bertz CT molecular complexity index is 718. The zero-order valence-corrected chi connectivity index (χ0v) is 14.3. The predicted molar refractivity (Wildman–Crippen MR) is 86.0 cm³/mol. The molecule has 0 N–H and O–H groups in total. The van der Waals surface area contributed by atoms with Crippen LogP contribution in [0.25, 0.3) is 0 Å². The summed E-state index contributed by atoms with van der Waals surface area (Å²) in [6.45, 7) is 0. The number of halogens is 6. The molecule has 0 aliphatic carbocycles. The molecular weight excluding hydrogens is 420 g/mol. The molecule has 0 spiro atoms. The van der Waals surface area contributed by atoms with Gasteiger partial charge in [-0.25, -0.2) is 0 Å². The Morgan fingerprint density at radius 2 is 1.52 bits per heavy atom. The Hall–Kier alpha value is -1.37. The highest BCUT2D eigenvalue weighted by atomic mass is 79.9. The van der Waals surface area contributed by atoms with Crippen molar-refractivity contribution in [3.8, 4) is 0 Å². The van der Waals surface area contributed by atoms with Crippen LogP contribution in [-0.2, 0) is 6.18 Å². The molecule has 0 fully saturated rings. The topological polar surface area (TPSA) is 34.1 Å². The van der Waals surface area contributed by atoms with Gasteiger partial charge in [-0.1, -0.05) is 40.2 Å². The summed E-state index contributed by atoms with van der Waals surface area (Å²) in [5.41, 5.74) is -0.528. The Labute approximate surface area is 148 Å². The van der Waals surface area contributed by atoms with Crippen LogP contribution in [0.15, 0.2) is 53.0 Å². The van der Waals surface area contributed by atoms with Gasteiger partial charge in [0.1, 0.15) is 0 Å². The summed E-state index contributed by atoms with van der Waals surface area (Å²) in [7, 11) is 0. The number of benzene rings is 2. The fraction of sp³-hybridized carbons (Fsp3) is 0.0667. The summed E-state index contributed by atoms with van der Waals surface area (Å²) in [6, 6.07) is 11.0. The average Bonchev–Trinajstić information content (AvgIpc) is 2.47. The minimum Gasteiger partial charge on any atom is -0.276 e. The van der Waals surface area contributed by atoms with Gasteiger partial charge in [-0.2, -0.15) is 13.2 Å². The van der Waals surface area contributed by atoms with Crippen LogP contribution in [0, 0.1) is 0 Å². The van der Waals surface area contributed by atoms with Crippen LogP contribution in [0.4, 0.5) is 13.2 Å². The molecule has 0 aliphatic rings. The second-order valence-corrected chi connectivity index (χ2v) is 5.65. The molecular formula is C15H8BrCl2F3O2. The molecule has 2 aromatic carbocycles. The predicted octanol–water partition coefficient (Wildman–Crippen LogP) is 5.91. The lowest BCUT2D eigenvalue weighted by atomic mass is 10.1. The van der Waals surface area contributed by atoms with Crippen LogP contribution in [0.1, 0.15) is 26.3 Å². The molecule has 0 radical (unpaired) electrons. The average molecular weight is 428 g/mol. The van der Waals surface area contributed by atoms with Crippen molar-refractivity contribution >= 4 is 49.6 Å². The third-order valence-corrected chi connectivity index (χ3v) is 3.62. The molecule has 0 heterocycles. The molecule has 0 aromatic heterocycles. The first kappa shape index (κ1) is 19.7. The van der Waals surface area contributed by atoms with Gasteiger partial charge in [0.25, 0.3) is 10.5 Å². The van der Waals surface area contributed by atoms with Crippen molar-refractivity contribution in [3.05, 3.63) is 69.7 Å². The Morgan fingerprint density at radius 3 is 1.96 bits per heavy atom. The maximum Gasteiger partial charge on any atom is 0.416 e. The largest absolute Gasteiger partial charge is 0.416 e. The fourth-order valence-corrected chi connectivity index (χ4v) is 2.30. The van der Waals surface area contributed by atoms with Crippen molar-refractivity contribution in [1.82, 2.24) is 0 Å². The van der Waals surface area contributed by atoms with Crippen LogP contribution in [0.3, 0.4) is 0 Å². The molecule has 2 nitrogen and oxygen atoms in total. The first-order valence-electron chi connectivity index (χ1n) is 5.94. The van der Waals surface area contributed by atoms with E-state index in [0.717, 1.165) is 22.7 Å². The Balaban J connectivity index is 0.000000238. The van der Waals surface area contributed by atoms with E-state index in [1.165, 1.54) is 6.07 Å². The Kier molecular flexibility index (Phi) is 7.25. The van der Waals surface area contributed by atoms with E-state index in [0.29, 0.717) is 5.56 Å². The van der Waals surface area contributed by atoms with Crippen LogP contribution in [0.5, 0.6) is 0 Å². The number of rotatable bonds is 2. The number of hydrogen-bond donors (Lipinski definition) is 0. The zero-order valence-electron chi connectivity index (χ0n) is 11.2. The molecule has 2 rings (SSSR count). The van der Waals surface area contributed by atoms with Crippen molar-refractivity contribution < 1.29 is 22.8 Å². The van der Waals surface area contributed by atoms with Crippen LogP contribution < -0.4 is 0 Å². The quantitative estimate of drug-likeness (QED) is 0.558. The number of carbonyl (C=O) groups is 2. The first-order chi connectivity index (χ1) is 10.6. The van der Waals surface area contributed by atoms with E-state index in [1.54, 1.807) is 18.2 Å². The molecule has 0 saturated heterocycles. The smallest absolute Gasteiger partial charge is 0.276 e. The maximum absolute atomic E-state index is 12.1. The van der Waals surface area contributed by atoms with Gasteiger partial charge >= 0.3 is 6.18 Å². The molecule has 122 valence electrons. The van der Waals surface area contributed by atoms with Crippen molar-refractivity contribution in [2.75, 3.05) is 0 Å². The van der Waals surface area contributed by atoms with Gasteiger partial charge in [-0.15, -0.1) is 0 Å². The van der Waals surface area contributed by atoms with Gasteiger partial charge in [0, 0.05) is 15.6 Å². The highest BCUT2D eigenvalue weighted by Gasteiger charge is 2.30. The zero-order chi connectivity index (χ0) is 17.6. The van der Waals surface area contributed by atoms with E-state index < -0.39 is 22.2 Å². The van der Waals surface area contributed by atoms with Crippen LogP contribution >= 0.6 is 39.1 Å². The van der Waals surface area contributed by atoms with Gasteiger partial charge in [0.2, 0.25) is 0 Å². The summed E-state index contributed by atoms with van der Waals surface area (Å²) >= 11 is 13.5. The van der Waals surface area contributed by atoms with E-state index in [9.17, 15) is 22.8 Å². The van der Waals surface area contributed by atoms with Crippen molar-refractivity contribution in [1.29, 1.82) is 0 Å². The summed E-state index contributed by atoms with van der Waals surface area (Å²) in [4.78, 5) is 21.1. The number of hydrogen-bond acceptors (Lipinski definition) is 2. The monoisotopic (exact) mass is 426 g/mol. The summed E-state index contributed by atoms with van der Waals surface area (Å²) in [6.07, 6.45) is -4.44. The van der Waals surface area contributed by atoms with Gasteiger partial charge < -0.3 is 0 Å². The van der Waals surface area contributed by atoms with Gasteiger partial charge in [0.15, 0.2) is 0 Å². The van der Waals surface area contributed by atoms with Crippen molar-refractivity contribution in [2.45, 2.75) is 6.18 Å². The summed E-state index contributed by atoms with van der Waals surface area (Å²) in [5, 5.41) is -1.33. The molecule has 2 aromatic rings. The van der Waals surface area contributed by atoms with Gasteiger partial charge in [-0.05, 0) is 47.5 Å². The highest BCUT2D eigenvalue weighted by Crippen LogP contribution is 2.29. The standard InChI is InChI=1S/C8H4ClF3O.C7H4BrClO/c9-7(13)5-2-1-3-6(4-5)8(10,11)12;8-6-4-2-1-3-5(6)7(9)10/h1-4H;1-4H. The molecule has 0 saturated carbocycles. The lowest BCUT2D eigenvalue weighted by Gasteiger charge is -2.06. The van der Waals surface area contributed by atoms with Crippen molar-refractivity contribution in [3.63, 3.8) is 0 Å². The van der Waals surface area contributed by atoms with Gasteiger partial charge in [0.05, 0.1) is 5.56 Å². The maximum atomic E-state index is 12.1. The second kappa shape index (κ2) is 8.47. The fourth-order valence-electron chi connectivity index (χ4n) is 1.44. The van der Waals surface area contributed by atoms with E-state index in [1.807, 2.05) is 6.07 Å². The van der Waals surface area contributed by atoms with Gasteiger partial charge in [-0.3, -0.25) is 9.59 Å². The minimum atomic E-state index is -4.44. The number of alkyl halides is 3. The summed E-state index contributed by atoms with van der Waals surface area (Å²) in [5.74, 6) is 0. The minimum absolute atomic E-state index is 0.156. The molecule has 0 aliphatic heterocycles. The first-order valence-corrected chi connectivity index (χ1v) is 7.49. The molecule has 0 atom stereocenters. The summed E-state index contributed by atoms with van der Waals surface area (Å²) < 4.78 is 37.0. The lowest BCUT2D eigenvalue weighted by Crippen LogP contribution is -2.05. The van der Waals surface area contributed by atoms with E-state index in [-0.39, 0.29) is 5.56 Å². The van der Waals surface area contributed by atoms with E-state index in [4.69, 9.17) is 23.2 Å². The lowest BCUT2D eigenvalue weighted by molar-refractivity contribution is -0.137. The molecule has 0 amide bonds. The second-order valence-electron chi connectivity index (χ2n) is 4.11. The third-order valence-electron chi connectivity index (χ3n) is 2.50. The van der Waals surface area contributed by atoms with E-state index in [2.05, 4.69) is 15.9 Å². The number of carbonyl (C=O) groups excluding carboxylic acids is 2. The van der Waals surface area contributed by atoms with Crippen molar-refractivity contribution in [2.24, 2.45) is 0 Å². The normalized spacial score (nSPS) is 10.5. The van der Waals surface area contributed by atoms with E-state index >= 15 is 0 Å².